The molecule has 0 bridgehead atoms. The molecular weight excluding hydrogens is 276 g/mol. The second-order valence-corrected chi connectivity index (χ2v) is 3.53. The van der Waals surface area contributed by atoms with Crippen molar-refractivity contribution in [1.29, 1.82) is 0 Å². The maximum atomic E-state index is 11.0. The summed E-state index contributed by atoms with van der Waals surface area (Å²) in [7, 11) is 0. The van der Waals surface area contributed by atoms with E-state index in [-0.39, 0.29) is 54.6 Å². The Labute approximate surface area is 135 Å². The van der Waals surface area contributed by atoms with Gasteiger partial charge in [-0.05, 0) is 24.3 Å². The van der Waals surface area contributed by atoms with Crippen molar-refractivity contribution in [1.82, 2.24) is 0 Å². The van der Waals surface area contributed by atoms with Gasteiger partial charge < -0.3 is 11.0 Å². The van der Waals surface area contributed by atoms with Crippen molar-refractivity contribution >= 4 is 55.3 Å². The van der Waals surface area contributed by atoms with Gasteiger partial charge in [-0.3, -0.25) is 9.78 Å². The van der Waals surface area contributed by atoms with E-state index < -0.39 is 5.97 Å². The molecule has 0 aliphatic carbocycles. The summed E-state index contributed by atoms with van der Waals surface area (Å²) in [6.07, 6.45) is 0. The minimum absolute atomic E-state index is 0. The van der Waals surface area contributed by atoms with Crippen LogP contribution in [0.25, 0.3) is 0 Å². The van der Waals surface area contributed by atoms with Crippen molar-refractivity contribution in [3.05, 3.63) is 29.3 Å². The molecule has 5 nitrogen and oxygen atoms in total. The molecule has 0 saturated heterocycles. The Morgan fingerprint density at radius 3 is 2.06 bits per heavy atom. The molecule has 0 saturated carbocycles. The summed E-state index contributed by atoms with van der Waals surface area (Å²) >= 11 is 5.66. The Balaban J connectivity index is -0.000000653. The van der Waals surface area contributed by atoms with Crippen molar-refractivity contribution in [2.24, 2.45) is 5.92 Å². The summed E-state index contributed by atoms with van der Waals surface area (Å²) in [4.78, 5) is 20.3. The molecule has 0 fully saturated rings. The third-order valence-electron chi connectivity index (χ3n) is 1.51. The normalized spacial score (nSPS) is 8.24. The van der Waals surface area contributed by atoms with Crippen LogP contribution in [0.15, 0.2) is 24.3 Å². The number of benzene rings is 1. The van der Waals surface area contributed by atoms with Crippen molar-refractivity contribution in [2.75, 3.05) is 0 Å². The van der Waals surface area contributed by atoms with Gasteiger partial charge in [0.15, 0.2) is 5.75 Å². The number of carbonyl (C=O) groups excluding carboxylic acids is 1. The fourth-order valence-electron chi connectivity index (χ4n) is 0.676. The van der Waals surface area contributed by atoms with Gasteiger partial charge >= 0.3 is 43.7 Å². The van der Waals surface area contributed by atoms with Gasteiger partial charge in [0.1, 0.15) is 0 Å². The summed E-state index contributed by atoms with van der Waals surface area (Å²) < 4.78 is 0. The average Bonchev–Trinajstić information content (AvgIpc) is 2.16. The van der Waals surface area contributed by atoms with E-state index in [1.807, 2.05) is 0 Å². The van der Waals surface area contributed by atoms with E-state index in [0.717, 1.165) is 0 Å². The van der Waals surface area contributed by atoms with Crippen molar-refractivity contribution in [3.8, 4) is 5.75 Å². The van der Waals surface area contributed by atoms with Crippen LogP contribution in [0.2, 0.25) is 5.02 Å². The first-order chi connectivity index (χ1) is 6.59. The molecule has 0 aromatic heterocycles. The molecular formula is C10H15CaClO5+2. The van der Waals surface area contributed by atoms with Crippen molar-refractivity contribution in [2.45, 2.75) is 13.8 Å². The second-order valence-electron chi connectivity index (χ2n) is 3.09. The predicted octanol–water partition coefficient (Wildman–Crippen LogP) is 0.803. The number of hydrogen-bond acceptors (Lipinski definition) is 3. The fourth-order valence-corrected chi connectivity index (χ4v) is 0.802. The zero-order valence-electron chi connectivity index (χ0n) is 9.70. The van der Waals surface area contributed by atoms with E-state index in [9.17, 15) is 4.79 Å². The maximum Gasteiger partial charge on any atom is 2.00 e. The molecule has 0 unspecified atom stereocenters. The van der Waals surface area contributed by atoms with Crippen molar-refractivity contribution < 1.29 is 25.5 Å². The van der Waals surface area contributed by atoms with Crippen LogP contribution in [0.4, 0.5) is 0 Å². The SMILES string of the molecule is CC(C)C(=O)OOc1ccc(Cl)cc1.O.O.[Ca+2]. The molecule has 0 heterocycles. The van der Waals surface area contributed by atoms with Gasteiger partial charge in [-0.15, -0.1) is 0 Å². The first-order valence-electron chi connectivity index (χ1n) is 4.23. The Morgan fingerprint density at radius 2 is 1.65 bits per heavy atom. The van der Waals surface area contributed by atoms with Crippen molar-refractivity contribution in [3.63, 3.8) is 0 Å². The minimum Gasteiger partial charge on any atom is -0.412 e. The molecule has 17 heavy (non-hydrogen) atoms. The van der Waals surface area contributed by atoms with Crippen LogP contribution < -0.4 is 4.89 Å². The number of rotatable bonds is 3. The van der Waals surface area contributed by atoms with E-state index >= 15 is 0 Å². The third-order valence-corrected chi connectivity index (χ3v) is 1.76. The number of carbonyl (C=O) groups is 1. The summed E-state index contributed by atoms with van der Waals surface area (Å²) in [6, 6.07) is 6.55. The molecule has 1 aromatic rings. The zero-order valence-corrected chi connectivity index (χ0v) is 12.7. The Bertz CT molecular complexity index is 315. The van der Waals surface area contributed by atoms with E-state index in [2.05, 4.69) is 4.89 Å². The number of halogens is 1. The van der Waals surface area contributed by atoms with E-state index in [1.54, 1.807) is 38.1 Å². The first kappa shape index (κ1) is 22.2. The zero-order chi connectivity index (χ0) is 10.6. The van der Waals surface area contributed by atoms with Gasteiger partial charge in [0.2, 0.25) is 0 Å². The van der Waals surface area contributed by atoms with Gasteiger partial charge in [0, 0.05) is 5.02 Å². The second kappa shape index (κ2) is 11.1. The van der Waals surface area contributed by atoms with Gasteiger partial charge in [-0.2, -0.15) is 0 Å². The third kappa shape index (κ3) is 8.65. The van der Waals surface area contributed by atoms with Crippen LogP contribution in [0.5, 0.6) is 5.75 Å². The Morgan fingerprint density at radius 1 is 1.18 bits per heavy atom. The Hall–Kier alpha value is -0.0403. The molecule has 1 rings (SSSR count). The fraction of sp³-hybridized carbons (Fsp3) is 0.300. The molecule has 0 spiro atoms. The molecule has 0 radical (unpaired) electrons. The molecule has 92 valence electrons. The van der Waals surface area contributed by atoms with E-state index in [0.29, 0.717) is 10.8 Å². The van der Waals surface area contributed by atoms with Gasteiger partial charge in [0.25, 0.3) is 0 Å². The number of hydrogen-bond donors (Lipinski definition) is 0. The first-order valence-corrected chi connectivity index (χ1v) is 4.61. The van der Waals surface area contributed by atoms with E-state index in [1.165, 1.54) is 0 Å². The smallest absolute Gasteiger partial charge is 0.412 e. The van der Waals surface area contributed by atoms with Crippen LogP contribution >= 0.6 is 11.6 Å². The molecule has 1 aromatic carbocycles. The summed E-state index contributed by atoms with van der Waals surface area (Å²) in [6.45, 7) is 3.46. The topological polar surface area (TPSA) is 98.5 Å². The minimum atomic E-state index is -0.403. The Kier molecular flexibility index (Phi) is 14.4. The van der Waals surface area contributed by atoms with Crippen LogP contribution in [0.1, 0.15) is 13.8 Å². The molecule has 0 aliphatic heterocycles. The van der Waals surface area contributed by atoms with E-state index in [4.69, 9.17) is 16.5 Å². The summed E-state index contributed by atoms with van der Waals surface area (Å²) in [5.41, 5.74) is 0. The molecule has 0 atom stereocenters. The quantitative estimate of drug-likeness (QED) is 0.468. The monoisotopic (exact) mass is 290 g/mol. The van der Waals surface area contributed by atoms with Gasteiger partial charge in [0.05, 0.1) is 5.92 Å². The van der Waals surface area contributed by atoms with Crippen LogP contribution in [0.3, 0.4) is 0 Å². The predicted molar refractivity (Wildman–Crippen MR) is 66.0 cm³/mol. The molecule has 4 N–H and O–H groups in total. The molecule has 0 aliphatic rings. The summed E-state index contributed by atoms with van der Waals surface area (Å²) in [5.74, 6) is -0.161. The van der Waals surface area contributed by atoms with Crippen LogP contribution in [0, 0.1) is 5.92 Å². The molecule has 0 amide bonds. The largest absolute Gasteiger partial charge is 2.00 e. The van der Waals surface area contributed by atoms with Crippen LogP contribution in [-0.2, 0) is 9.68 Å². The maximum absolute atomic E-state index is 11.0. The average molecular weight is 291 g/mol. The molecule has 7 heteroatoms. The van der Waals surface area contributed by atoms with Crippen LogP contribution in [-0.4, -0.2) is 54.7 Å². The standard InChI is InChI=1S/C10H11ClO3.Ca.2H2O/c1-7(2)10(12)14-13-9-5-3-8(11)4-6-9;;;/h3-7H,1-2H3;;2*1H2/q;+2;;. The van der Waals surface area contributed by atoms with Gasteiger partial charge in [-0.25, -0.2) is 4.79 Å². The van der Waals surface area contributed by atoms with Gasteiger partial charge in [-0.1, -0.05) is 25.4 Å². The summed E-state index contributed by atoms with van der Waals surface area (Å²) in [5, 5.41) is 0.604.